The summed E-state index contributed by atoms with van der Waals surface area (Å²) in [5, 5.41) is 4.87. The van der Waals surface area contributed by atoms with E-state index < -0.39 is 0 Å². The first-order valence-electron chi connectivity index (χ1n) is 14.2. The summed E-state index contributed by atoms with van der Waals surface area (Å²) in [5.74, 6) is 1.70. The molecule has 8 rings (SSSR count). The van der Waals surface area contributed by atoms with Gasteiger partial charge in [0.05, 0.1) is 6.54 Å². The first-order valence-corrected chi connectivity index (χ1v) is 14.2. The predicted molar refractivity (Wildman–Crippen MR) is 159 cm³/mol. The lowest BCUT2D eigenvalue weighted by Crippen LogP contribution is -2.40. The first kappa shape index (κ1) is 24.8. The number of allylic oxidation sites excluding steroid dienone is 2. The molecule has 12 heteroatoms. The monoisotopic (exact) mass is 563 g/mol. The molecule has 0 fully saturated rings. The van der Waals surface area contributed by atoms with Crippen LogP contribution in [0.25, 0.3) is 27.8 Å². The predicted octanol–water partition coefficient (Wildman–Crippen LogP) is 3.20. The third-order valence-electron chi connectivity index (χ3n) is 8.20. The summed E-state index contributed by atoms with van der Waals surface area (Å²) < 4.78 is 11.3. The number of amides is 1. The van der Waals surface area contributed by atoms with Gasteiger partial charge in [-0.25, -0.2) is 19.3 Å². The standard InChI is InChI=1S/C30H29N9O3/c1-35-12-13-36-21(17-35)15-19-14-20(6-7-23(19)36)32-30-31-16-22-27(34-30)39-25-9-8-24-28(33-25)37(26(40)18-42-24)10-4-2-3-5-11-38(39)29(22)41/h3,5-9,14-16H,2,4,10-13,17-18H2,1H3,(H,31,32,34)/b5-3-. The molecule has 0 aliphatic carbocycles. The molecule has 0 saturated heterocycles. The summed E-state index contributed by atoms with van der Waals surface area (Å²) in [6.45, 7) is 3.80. The largest absolute Gasteiger partial charge is 0.480 e. The molecule has 1 amide bonds. The molecule has 212 valence electrons. The molecule has 1 aromatic carbocycles. The molecule has 7 heterocycles. The van der Waals surface area contributed by atoms with Crippen molar-refractivity contribution in [3.63, 3.8) is 0 Å². The van der Waals surface area contributed by atoms with E-state index >= 15 is 0 Å². The summed E-state index contributed by atoms with van der Waals surface area (Å²) in [7, 11) is 2.14. The van der Waals surface area contributed by atoms with Crippen LogP contribution in [-0.4, -0.2) is 66.4 Å². The maximum atomic E-state index is 13.6. The van der Waals surface area contributed by atoms with E-state index in [0.717, 1.165) is 43.5 Å². The van der Waals surface area contributed by atoms with Crippen LogP contribution in [0.3, 0.4) is 0 Å². The van der Waals surface area contributed by atoms with Gasteiger partial charge in [-0.15, -0.1) is 0 Å². The minimum atomic E-state index is -0.215. The molecule has 0 saturated carbocycles. The fourth-order valence-electron chi connectivity index (χ4n) is 6.12. The van der Waals surface area contributed by atoms with Crippen LogP contribution in [0, 0.1) is 0 Å². The summed E-state index contributed by atoms with van der Waals surface area (Å²) in [5.41, 5.74) is 3.58. The second-order valence-corrected chi connectivity index (χ2v) is 11.0. The Labute approximate surface area is 240 Å². The summed E-state index contributed by atoms with van der Waals surface area (Å²) in [6.07, 6.45) is 7.11. The number of fused-ring (bicyclic) bond motifs is 8. The zero-order chi connectivity index (χ0) is 28.4. The molecule has 2 bridgehead atoms. The van der Waals surface area contributed by atoms with Crippen LogP contribution < -0.4 is 20.5 Å². The van der Waals surface area contributed by atoms with Crippen molar-refractivity contribution in [2.75, 3.05) is 37.0 Å². The van der Waals surface area contributed by atoms with Crippen molar-refractivity contribution in [1.29, 1.82) is 0 Å². The lowest BCUT2D eigenvalue weighted by atomic mass is 10.2. The number of anilines is 3. The van der Waals surface area contributed by atoms with Crippen LogP contribution >= 0.6 is 0 Å². The molecule has 1 N–H and O–H groups in total. The van der Waals surface area contributed by atoms with Gasteiger partial charge in [0, 0.05) is 54.7 Å². The summed E-state index contributed by atoms with van der Waals surface area (Å²) >= 11 is 0. The molecule has 12 nitrogen and oxygen atoms in total. The highest BCUT2D eigenvalue weighted by atomic mass is 16.5. The molecule has 3 aliphatic rings. The molecule has 0 radical (unpaired) electrons. The average Bonchev–Trinajstić information content (AvgIpc) is 3.47. The van der Waals surface area contributed by atoms with Gasteiger partial charge in [0.25, 0.3) is 11.5 Å². The number of hydrogen-bond acceptors (Lipinski definition) is 8. The van der Waals surface area contributed by atoms with E-state index in [-0.39, 0.29) is 18.1 Å². The molecular formula is C30H29N9O3. The Bertz CT molecular complexity index is 1990. The number of carbonyl (C=O) groups excluding carboxylic acids is 1. The van der Waals surface area contributed by atoms with E-state index in [1.807, 2.05) is 18.2 Å². The number of pyridine rings is 1. The number of nitrogens with one attached hydrogen (secondary N) is 1. The van der Waals surface area contributed by atoms with Gasteiger partial charge in [-0.1, -0.05) is 12.2 Å². The minimum absolute atomic E-state index is 0.0157. The molecule has 0 unspecified atom stereocenters. The lowest BCUT2D eigenvalue weighted by Gasteiger charge is -2.28. The van der Waals surface area contributed by atoms with Crippen LogP contribution in [0.5, 0.6) is 5.75 Å². The van der Waals surface area contributed by atoms with Crippen molar-refractivity contribution in [1.82, 2.24) is 33.8 Å². The maximum Gasteiger partial charge on any atom is 0.278 e. The highest BCUT2D eigenvalue weighted by molar-refractivity contribution is 5.96. The smallest absolute Gasteiger partial charge is 0.278 e. The van der Waals surface area contributed by atoms with Crippen LogP contribution in [0.2, 0.25) is 0 Å². The molecule has 3 aliphatic heterocycles. The fourth-order valence-corrected chi connectivity index (χ4v) is 6.12. The third-order valence-corrected chi connectivity index (χ3v) is 8.20. The van der Waals surface area contributed by atoms with Crippen LogP contribution in [0.15, 0.2) is 59.5 Å². The van der Waals surface area contributed by atoms with Gasteiger partial charge in [0.15, 0.2) is 29.6 Å². The van der Waals surface area contributed by atoms with E-state index in [1.54, 1.807) is 32.6 Å². The normalized spacial score (nSPS) is 17.7. The number of carbonyl (C=O) groups is 1. The van der Waals surface area contributed by atoms with Crippen molar-refractivity contribution >= 4 is 45.3 Å². The van der Waals surface area contributed by atoms with Gasteiger partial charge in [-0.2, -0.15) is 4.98 Å². The Hall–Kier alpha value is -4.97. The number of nitrogens with zero attached hydrogens (tertiary/aromatic N) is 8. The summed E-state index contributed by atoms with van der Waals surface area (Å²) in [4.78, 5) is 44.4. The van der Waals surface area contributed by atoms with Gasteiger partial charge in [0.1, 0.15) is 5.39 Å². The average molecular weight is 564 g/mol. The van der Waals surface area contributed by atoms with Crippen molar-refractivity contribution in [3.05, 3.63) is 70.8 Å². The van der Waals surface area contributed by atoms with Gasteiger partial charge in [0.2, 0.25) is 5.95 Å². The van der Waals surface area contributed by atoms with Gasteiger partial charge >= 0.3 is 0 Å². The summed E-state index contributed by atoms with van der Waals surface area (Å²) in [6, 6.07) is 12.1. The number of likely N-dealkylation sites (N-methyl/N-ethyl adjacent to an activating group) is 1. The molecule has 4 aromatic heterocycles. The number of rotatable bonds is 2. The Morgan fingerprint density at radius 2 is 1.93 bits per heavy atom. The van der Waals surface area contributed by atoms with Crippen molar-refractivity contribution in [3.8, 4) is 11.6 Å². The second-order valence-electron chi connectivity index (χ2n) is 11.0. The maximum absolute atomic E-state index is 13.6. The van der Waals surface area contributed by atoms with E-state index in [0.29, 0.717) is 47.5 Å². The number of hydrogen-bond donors (Lipinski definition) is 1. The lowest BCUT2D eigenvalue weighted by molar-refractivity contribution is -0.121. The topological polar surface area (TPSA) is 115 Å². The first-order chi connectivity index (χ1) is 20.5. The van der Waals surface area contributed by atoms with Gasteiger partial charge in [-0.05, 0) is 56.3 Å². The quantitative estimate of drug-likeness (QED) is 0.326. The highest BCUT2D eigenvalue weighted by Gasteiger charge is 2.28. The fraction of sp³-hybridized carbons (Fsp3) is 0.300. The Morgan fingerprint density at radius 3 is 2.86 bits per heavy atom. The Morgan fingerprint density at radius 1 is 1.00 bits per heavy atom. The van der Waals surface area contributed by atoms with E-state index in [1.165, 1.54) is 11.2 Å². The molecular weight excluding hydrogens is 534 g/mol. The number of ether oxygens (including phenoxy) is 1. The van der Waals surface area contributed by atoms with Crippen LogP contribution in [-0.2, 0) is 24.4 Å². The van der Waals surface area contributed by atoms with Crippen molar-refractivity contribution < 1.29 is 9.53 Å². The number of benzene rings is 1. The van der Waals surface area contributed by atoms with E-state index in [9.17, 15) is 9.59 Å². The molecule has 42 heavy (non-hydrogen) atoms. The third kappa shape index (κ3) is 3.97. The van der Waals surface area contributed by atoms with E-state index in [4.69, 9.17) is 14.7 Å². The van der Waals surface area contributed by atoms with Crippen LogP contribution in [0.1, 0.15) is 18.5 Å². The Balaban J connectivity index is 1.23. The zero-order valence-electron chi connectivity index (χ0n) is 23.2. The minimum Gasteiger partial charge on any atom is -0.480 e. The number of aromatic nitrogens is 6. The Kier molecular flexibility index (Phi) is 5.64. The van der Waals surface area contributed by atoms with Gasteiger partial charge < -0.3 is 14.6 Å². The van der Waals surface area contributed by atoms with Crippen molar-refractivity contribution in [2.24, 2.45) is 0 Å². The SMILES string of the molecule is CN1CCn2c(cc3cc(Nc4ncc5c(=O)n6n(c5n4)-c4ccc5c(n4)N(CCC/C=C\C6)C(=O)CO5)ccc32)C1. The highest BCUT2D eigenvalue weighted by Crippen LogP contribution is 2.32. The van der Waals surface area contributed by atoms with Crippen molar-refractivity contribution in [2.45, 2.75) is 32.5 Å². The molecule has 0 atom stereocenters. The zero-order valence-corrected chi connectivity index (χ0v) is 23.2. The van der Waals surface area contributed by atoms with Gasteiger partial charge in [-0.3, -0.25) is 19.4 Å². The second kappa shape index (κ2) is 9.55. The molecule has 0 spiro atoms. The molecule has 5 aromatic rings. The van der Waals surface area contributed by atoms with E-state index in [2.05, 4.69) is 45.0 Å². The van der Waals surface area contributed by atoms with Crippen LogP contribution in [0.4, 0.5) is 17.5 Å².